The molecule has 0 bridgehead atoms. The Bertz CT molecular complexity index is 206. The lowest BCUT2D eigenvalue weighted by Gasteiger charge is -2.11. The summed E-state index contributed by atoms with van der Waals surface area (Å²) in [5.74, 6) is -1.09. The van der Waals surface area contributed by atoms with E-state index in [1.165, 1.54) is 21.8 Å². The van der Waals surface area contributed by atoms with Crippen molar-refractivity contribution in [2.24, 2.45) is 5.92 Å². The first-order chi connectivity index (χ1) is 5.75. The Kier molecular flexibility index (Phi) is 3.81. The van der Waals surface area contributed by atoms with E-state index in [-0.39, 0.29) is 5.92 Å². The molecule has 0 amide bonds. The molecule has 0 spiro atoms. The van der Waals surface area contributed by atoms with Crippen molar-refractivity contribution in [3.05, 3.63) is 11.1 Å². The van der Waals surface area contributed by atoms with Gasteiger partial charge in [0.1, 0.15) is 0 Å². The van der Waals surface area contributed by atoms with Crippen LogP contribution in [0.4, 0.5) is 0 Å². The van der Waals surface area contributed by atoms with E-state index >= 15 is 0 Å². The molecular formula is C7H11NO2S2. The first-order valence-electron chi connectivity index (χ1n) is 3.77. The zero-order valence-corrected chi connectivity index (χ0v) is 8.37. The number of carboxylic acid groups (broad SMARTS) is 1. The Morgan fingerprint density at radius 2 is 2.58 bits per heavy atom. The molecule has 3 nitrogen and oxygen atoms in total. The molecule has 1 aliphatic rings. The van der Waals surface area contributed by atoms with Gasteiger partial charge in [-0.25, -0.2) is 0 Å². The van der Waals surface area contributed by atoms with Gasteiger partial charge in [-0.3, -0.25) is 4.79 Å². The van der Waals surface area contributed by atoms with Gasteiger partial charge < -0.3 is 9.83 Å². The summed E-state index contributed by atoms with van der Waals surface area (Å²) < 4.78 is 2.98. The standard InChI is InChI=1S/C7H11NO2S2/c1-2-3-5(7(9)10)6-4-11-12-8-6/h4-5,8H,2-3H2,1H3,(H,9,10). The normalized spacial score (nSPS) is 18.2. The van der Waals surface area contributed by atoms with Crippen LogP contribution in [-0.2, 0) is 4.79 Å². The van der Waals surface area contributed by atoms with Crippen molar-refractivity contribution in [2.75, 3.05) is 0 Å². The molecule has 1 atom stereocenters. The minimum absolute atomic E-state index is 0.350. The van der Waals surface area contributed by atoms with Crippen LogP contribution >= 0.6 is 21.8 Å². The van der Waals surface area contributed by atoms with Gasteiger partial charge in [0.15, 0.2) is 0 Å². The number of rotatable bonds is 4. The zero-order chi connectivity index (χ0) is 8.97. The summed E-state index contributed by atoms with van der Waals surface area (Å²) in [6, 6.07) is 0. The first-order valence-corrected chi connectivity index (χ1v) is 5.98. The third-order valence-electron chi connectivity index (χ3n) is 1.63. The van der Waals surface area contributed by atoms with Gasteiger partial charge in [-0.15, -0.1) is 0 Å². The van der Waals surface area contributed by atoms with Crippen molar-refractivity contribution in [2.45, 2.75) is 19.8 Å². The average Bonchev–Trinajstić information content (AvgIpc) is 2.51. The highest BCUT2D eigenvalue weighted by molar-refractivity contribution is 8.77. The van der Waals surface area contributed by atoms with Crippen molar-refractivity contribution in [3.63, 3.8) is 0 Å². The Labute approximate surface area is 79.5 Å². The number of carbonyl (C=O) groups is 1. The van der Waals surface area contributed by atoms with Crippen LogP contribution in [0.25, 0.3) is 0 Å². The van der Waals surface area contributed by atoms with E-state index in [1.54, 1.807) is 0 Å². The molecule has 0 aliphatic carbocycles. The van der Waals surface area contributed by atoms with Crippen LogP contribution < -0.4 is 4.72 Å². The van der Waals surface area contributed by atoms with Crippen molar-refractivity contribution < 1.29 is 9.90 Å². The monoisotopic (exact) mass is 205 g/mol. The number of nitrogens with one attached hydrogen (secondary N) is 1. The van der Waals surface area contributed by atoms with Gasteiger partial charge in [0.05, 0.1) is 5.92 Å². The van der Waals surface area contributed by atoms with Gasteiger partial charge in [0.25, 0.3) is 0 Å². The number of hydrogen-bond donors (Lipinski definition) is 2. The van der Waals surface area contributed by atoms with E-state index < -0.39 is 5.97 Å². The first kappa shape index (κ1) is 9.80. The lowest BCUT2D eigenvalue weighted by atomic mass is 10.0. The second-order valence-electron chi connectivity index (χ2n) is 2.53. The van der Waals surface area contributed by atoms with Gasteiger partial charge in [-0.1, -0.05) is 13.3 Å². The molecule has 5 heteroatoms. The molecule has 0 aromatic heterocycles. The molecule has 12 heavy (non-hydrogen) atoms. The predicted octanol–water partition coefficient (Wildman–Crippen LogP) is 2.23. The van der Waals surface area contributed by atoms with Crippen LogP contribution in [0.1, 0.15) is 19.8 Å². The molecule has 1 heterocycles. The topological polar surface area (TPSA) is 49.3 Å². The van der Waals surface area contributed by atoms with Gasteiger partial charge in [0.2, 0.25) is 0 Å². The van der Waals surface area contributed by atoms with E-state index in [2.05, 4.69) is 4.72 Å². The van der Waals surface area contributed by atoms with Crippen molar-refractivity contribution in [1.82, 2.24) is 4.72 Å². The molecular weight excluding hydrogens is 194 g/mol. The van der Waals surface area contributed by atoms with Crippen molar-refractivity contribution in [1.29, 1.82) is 0 Å². The number of hydrogen-bond acceptors (Lipinski definition) is 4. The molecule has 0 saturated carbocycles. The molecule has 0 saturated heterocycles. The summed E-state index contributed by atoms with van der Waals surface area (Å²) in [6.07, 6.45) is 1.60. The highest BCUT2D eigenvalue weighted by Crippen LogP contribution is 2.33. The summed E-state index contributed by atoms with van der Waals surface area (Å²) in [6.45, 7) is 1.99. The van der Waals surface area contributed by atoms with E-state index in [4.69, 9.17) is 5.11 Å². The van der Waals surface area contributed by atoms with E-state index in [0.717, 1.165) is 12.1 Å². The van der Waals surface area contributed by atoms with Crippen LogP contribution in [0.2, 0.25) is 0 Å². The fourth-order valence-electron chi connectivity index (χ4n) is 1.03. The predicted molar refractivity (Wildman–Crippen MR) is 52.4 cm³/mol. The molecule has 0 aromatic rings. The highest BCUT2D eigenvalue weighted by Gasteiger charge is 2.23. The van der Waals surface area contributed by atoms with E-state index in [1.807, 2.05) is 12.3 Å². The average molecular weight is 205 g/mol. The van der Waals surface area contributed by atoms with Gasteiger partial charge >= 0.3 is 5.97 Å². The Morgan fingerprint density at radius 3 is 3.00 bits per heavy atom. The quantitative estimate of drug-likeness (QED) is 0.544. The third-order valence-corrected chi connectivity index (χ3v) is 3.23. The van der Waals surface area contributed by atoms with Crippen LogP contribution in [0.15, 0.2) is 11.1 Å². The highest BCUT2D eigenvalue weighted by atomic mass is 33.1. The fraction of sp³-hybridized carbons (Fsp3) is 0.571. The summed E-state index contributed by atoms with van der Waals surface area (Å²) in [5, 5.41) is 10.7. The minimum Gasteiger partial charge on any atom is -0.481 e. The smallest absolute Gasteiger partial charge is 0.312 e. The second-order valence-corrected chi connectivity index (χ2v) is 4.41. The molecule has 1 rings (SSSR count). The summed E-state index contributed by atoms with van der Waals surface area (Å²) >= 11 is 0. The molecule has 68 valence electrons. The largest absolute Gasteiger partial charge is 0.481 e. The van der Waals surface area contributed by atoms with E-state index in [0.29, 0.717) is 6.42 Å². The van der Waals surface area contributed by atoms with E-state index in [9.17, 15) is 4.79 Å². The summed E-state index contributed by atoms with van der Waals surface area (Å²) in [7, 11) is 3.00. The lowest BCUT2D eigenvalue weighted by Crippen LogP contribution is -2.20. The Balaban J connectivity index is 2.58. The van der Waals surface area contributed by atoms with Crippen LogP contribution in [0, 0.1) is 5.92 Å². The number of aliphatic carboxylic acids is 1. The lowest BCUT2D eigenvalue weighted by molar-refractivity contribution is -0.140. The second kappa shape index (κ2) is 4.67. The molecule has 0 radical (unpaired) electrons. The van der Waals surface area contributed by atoms with Gasteiger partial charge in [-0.2, -0.15) is 0 Å². The number of carboxylic acids is 1. The maximum absolute atomic E-state index is 10.8. The molecule has 1 unspecified atom stereocenters. The zero-order valence-electron chi connectivity index (χ0n) is 6.74. The Hall–Kier alpha value is -0.290. The van der Waals surface area contributed by atoms with Crippen LogP contribution in [-0.4, -0.2) is 11.1 Å². The van der Waals surface area contributed by atoms with Crippen LogP contribution in [0.3, 0.4) is 0 Å². The minimum atomic E-state index is -0.737. The maximum atomic E-state index is 10.8. The maximum Gasteiger partial charge on any atom is 0.312 e. The van der Waals surface area contributed by atoms with Gasteiger partial charge in [0, 0.05) is 22.1 Å². The molecule has 1 aliphatic heterocycles. The van der Waals surface area contributed by atoms with Crippen LogP contribution in [0.5, 0.6) is 0 Å². The molecule has 0 fully saturated rings. The molecule has 0 aromatic carbocycles. The van der Waals surface area contributed by atoms with Gasteiger partial charge in [-0.05, 0) is 17.2 Å². The van der Waals surface area contributed by atoms with Crippen molar-refractivity contribution >= 4 is 27.7 Å². The Morgan fingerprint density at radius 1 is 1.83 bits per heavy atom. The third kappa shape index (κ3) is 2.35. The SMILES string of the molecule is CCCC(C(=O)O)C1=CSSN1. The molecule has 2 N–H and O–H groups in total. The summed E-state index contributed by atoms with van der Waals surface area (Å²) in [4.78, 5) is 10.8. The summed E-state index contributed by atoms with van der Waals surface area (Å²) in [5.41, 5.74) is 0.833. The fourth-order valence-corrected chi connectivity index (χ4v) is 2.71. The van der Waals surface area contributed by atoms with Crippen molar-refractivity contribution in [3.8, 4) is 0 Å².